The summed E-state index contributed by atoms with van der Waals surface area (Å²) < 4.78 is 0. The molecule has 0 aliphatic heterocycles. The van der Waals surface area contributed by atoms with E-state index in [1.54, 1.807) is 18.5 Å². The molecule has 1 heterocycles. The molecule has 2 aliphatic carbocycles. The van der Waals surface area contributed by atoms with Crippen LogP contribution in [0.1, 0.15) is 11.1 Å². The maximum absolute atomic E-state index is 11.5. The van der Waals surface area contributed by atoms with Crippen LogP contribution in [-0.2, 0) is 21.3 Å². The van der Waals surface area contributed by atoms with E-state index in [0.717, 1.165) is 16.7 Å². The van der Waals surface area contributed by atoms with Crippen LogP contribution in [0.15, 0.2) is 78.7 Å². The summed E-state index contributed by atoms with van der Waals surface area (Å²) in [6.07, 6.45) is 10.9. The van der Waals surface area contributed by atoms with Crippen LogP contribution >= 0.6 is 0 Å². The van der Waals surface area contributed by atoms with Gasteiger partial charge in [0.05, 0.1) is 0 Å². The maximum atomic E-state index is 11.5. The number of allylic oxidation sites excluding steroid dienone is 5. The fourth-order valence-corrected chi connectivity index (χ4v) is 2.26. The van der Waals surface area contributed by atoms with Crippen molar-refractivity contribution in [2.75, 3.05) is 0 Å². The molecule has 0 fully saturated rings. The molecule has 0 amide bonds. The third-order valence-corrected chi connectivity index (χ3v) is 3.18. The molecule has 0 unspecified atom stereocenters. The molecule has 1 aromatic carbocycles. The first kappa shape index (κ1) is 15.1. The Morgan fingerprint density at radius 2 is 1.62 bits per heavy atom. The standard InChI is InChI=1S/C13H8O.C5H5N.Ni/c14-13-7-3-6-11-10-5-2-1-4-9(10)8-12(11)13;1-2-4-6-5-3-1;/h1-8H;1-5H;. The number of carbonyl (C=O) groups excluding carboxylic acids is 1. The van der Waals surface area contributed by atoms with Crippen molar-refractivity contribution in [2.24, 2.45) is 0 Å². The van der Waals surface area contributed by atoms with E-state index < -0.39 is 0 Å². The summed E-state index contributed by atoms with van der Waals surface area (Å²) >= 11 is 0. The second-order valence-electron chi connectivity index (χ2n) is 4.47. The second-order valence-corrected chi connectivity index (χ2v) is 4.47. The van der Waals surface area contributed by atoms with E-state index in [1.165, 1.54) is 5.56 Å². The fourth-order valence-electron chi connectivity index (χ4n) is 2.26. The Balaban J connectivity index is 0.000000197. The molecular formula is C18H13NNiO. The number of fused-ring (bicyclic) bond motifs is 3. The molecule has 0 radical (unpaired) electrons. The molecule has 2 nitrogen and oxygen atoms in total. The number of ketones is 1. The molecule has 106 valence electrons. The predicted octanol–water partition coefficient (Wildman–Crippen LogP) is 3.69. The molecule has 0 spiro atoms. The van der Waals surface area contributed by atoms with Gasteiger partial charge in [0, 0.05) is 34.5 Å². The van der Waals surface area contributed by atoms with Crippen molar-refractivity contribution in [2.45, 2.75) is 0 Å². The van der Waals surface area contributed by atoms with Crippen LogP contribution < -0.4 is 0 Å². The summed E-state index contributed by atoms with van der Waals surface area (Å²) in [5.41, 5.74) is 4.20. The van der Waals surface area contributed by atoms with Crippen molar-refractivity contribution in [1.82, 2.24) is 4.98 Å². The van der Waals surface area contributed by atoms with Gasteiger partial charge in [-0.2, -0.15) is 0 Å². The number of benzene rings is 1. The Labute approximate surface area is 133 Å². The van der Waals surface area contributed by atoms with E-state index in [-0.39, 0.29) is 22.3 Å². The quantitative estimate of drug-likeness (QED) is 0.694. The summed E-state index contributed by atoms with van der Waals surface area (Å²) in [6.45, 7) is 0. The summed E-state index contributed by atoms with van der Waals surface area (Å²) in [5.74, 6) is 0.110. The molecule has 2 aromatic rings. The zero-order valence-corrected chi connectivity index (χ0v) is 12.2. The van der Waals surface area contributed by atoms with E-state index >= 15 is 0 Å². The second kappa shape index (κ2) is 6.96. The summed E-state index contributed by atoms with van der Waals surface area (Å²) in [5, 5.41) is 0. The molecular weight excluding hydrogens is 305 g/mol. The number of hydrogen-bond donors (Lipinski definition) is 0. The predicted molar refractivity (Wildman–Crippen MR) is 80.8 cm³/mol. The van der Waals surface area contributed by atoms with Gasteiger partial charge in [-0.3, -0.25) is 9.78 Å². The molecule has 0 saturated carbocycles. The minimum atomic E-state index is 0. The number of hydrogen-bond acceptors (Lipinski definition) is 2. The Bertz CT molecular complexity index is 703. The van der Waals surface area contributed by atoms with Gasteiger partial charge in [-0.25, -0.2) is 0 Å². The summed E-state index contributed by atoms with van der Waals surface area (Å²) in [6, 6.07) is 13.8. The molecule has 3 heteroatoms. The van der Waals surface area contributed by atoms with Gasteiger partial charge >= 0.3 is 0 Å². The minimum absolute atomic E-state index is 0. The molecule has 21 heavy (non-hydrogen) atoms. The van der Waals surface area contributed by atoms with E-state index in [1.807, 2.05) is 54.6 Å². The van der Waals surface area contributed by atoms with Crippen LogP contribution in [0.4, 0.5) is 0 Å². The Morgan fingerprint density at radius 3 is 2.29 bits per heavy atom. The third kappa shape index (κ3) is 3.26. The van der Waals surface area contributed by atoms with Crippen molar-refractivity contribution in [3.63, 3.8) is 0 Å². The smallest absolute Gasteiger partial charge is 0.186 e. The molecule has 0 saturated heterocycles. The van der Waals surface area contributed by atoms with Crippen molar-refractivity contribution >= 4 is 17.4 Å². The molecule has 4 rings (SSSR count). The molecule has 1 aromatic heterocycles. The van der Waals surface area contributed by atoms with Gasteiger partial charge < -0.3 is 0 Å². The number of rotatable bonds is 0. The molecule has 0 atom stereocenters. The average Bonchev–Trinajstić information content (AvgIpc) is 2.90. The Kier molecular flexibility index (Phi) is 5.02. The van der Waals surface area contributed by atoms with Crippen LogP contribution in [0.3, 0.4) is 0 Å². The van der Waals surface area contributed by atoms with Crippen LogP contribution in [0.2, 0.25) is 0 Å². The van der Waals surface area contributed by atoms with Crippen molar-refractivity contribution in [1.29, 1.82) is 0 Å². The first-order valence-electron chi connectivity index (χ1n) is 6.45. The van der Waals surface area contributed by atoms with Gasteiger partial charge in [-0.15, -0.1) is 0 Å². The molecule has 2 aliphatic rings. The first-order valence-corrected chi connectivity index (χ1v) is 6.45. The van der Waals surface area contributed by atoms with Crippen LogP contribution in [0.25, 0.3) is 11.6 Å². The van der Waals surface area contributed by atoms with Gasteiger partial charge in [-0.1, -0.05) is 42.5 Å². The third-order valence-electron chi connectivity index (χ3n) is 3.18. The van der Waals surface area contributed by atoms with Gasteiger partial charge in [0.25, 0.3) is 0 Å². The normalized spacial score (nSPS) is 13.8. The maximum Gasteiger partial charge on any atom is 0.186 e. The van der Waals surface area contributed by atoms with Crippen LogP contribution in [-0.4, -0.2) is 10.8 Å². The van der Waals surface area contributed by atoms with Gasteiger partial charge in [0.1, 0.15) is 0 Å². The molecule has 0 N–H and O–H groups in total. The van der Waals surface area contributed by atoms with Crippen LogP contribution in [0, 0.1) is 0 Å². The van der Waals surface area contributed by atoms with Crippen LogP contribution in [0.5, 0.6) is 0 Å². The summed E-state index contributed by atoms with van der Waals surface area (Å²) in [7, 11) is 0. The largest absolute Gasteiger partial charge is 0.289 e. The zero-order chi connectivity index (χ0) is 13.8. The Morgan fingerprint density at radius 1 is 0.857 bits per heavy atom. The van der Waals surface area contributed by atoms with Crippen molar-refractivity contribution in [3.8, 4) is 0 Å². The SMILES string of the molecule is O=C1C=CC=C2C1=Cc1ccccc12.[Ni].c1ccncc1. The van der Waals surface area contributed by atoms with E-state index in [9.17, 15) is 4.79 Å². The minimum Gasteiger partial charge on any atom is -0.289 e. The van der Waals surface area contributed by atoms with E-state index in [4.69, 9.17) is 0 Å². The van der Waals surface area contributed by atoms with Gasteiger partial charge in [-0.05, 0) is 41.0 Å². The Hall–Kier alpha value is -2.25. The molecule has 0 bridgehead atoms. The topological polar surface area (TPSA) is 30.0 Å². The number of pyridine rings is 1. The van der Waals surface area contributed by atoms with Crippen molar-refractivity contribution < 1.29 is 21.3 Å². The summed E-state index contributed by atoms with van der Waals surface area (Å²) in [4.78, 5) is 15.3. The monoisotopic (exact) mass is 317 g/mol. The number of aromatic nitrogens is 1. The average molecular weight is 318 g/mol. The van der Waals surface area contributed by atoms with Crippen molar-refractivity contribution in [3.05, 3.63) is 89.8 Å². The van der Waals surface area contributed by atoms with Gasteiger partial charge in [0.2, 0.25) is 0 Å². The number of carbonyl (C=O) groups is 1. The number of nitrogens with zero attached hydrogens (tertiary/aromatic N) is 1. The van der Waals surface area contributed by atoms with Gasteiger partial charge in [0.15, 0.2) is 5.78 Å². The van der Waals surface area contributed by atoms with E-state index in [0.29, 0.717) is 0 Å². The zero-order valence-electron chi connectivity index (χ0n) is 11.2. The fraction of sp³-hybridized carbons (Fsp3) is 0. The van der Waals surface area contributed by atoms with E-state index in [2.05, 4.69) is 11.1 Å². The first-order chi connectivity index (χ1) is 9.86.